The number of amides is 1. The van der Waals surface area contributed by atoms with Crippen molar-refractivity contribution >= 4 is 17.3 Å². The molecule has 1 atom stereocenters. The summed E-state index contributed by atoms with van der Waals surface area (Å²) in [6.45, 7) is 1.74. The van der Waals surface area contributed by atoms with E-state index < -0.39 is 4.92 Å². The lowest BCUT2D eigenvalue weighted by molar-refractivity contribution is -0.384. The Morgan fingerprint density at radius 3 is 2.29 bits per heavy atom. The molecule has 0 fully saturated rings. The number of hydrogen-bond acceptors (Lipinski definition) is 4. The van der Waals surface area contributed by atoms with Gasteiger partial charge in [-0.15, -0.1) is 0 Å². The van der Waals surface area contributed by atoms with Crippen molar-refractivity contribution in [1.82, 2.24) is 4.90 Å². The summed E-state index contributed by atoms with van der Waals surface area (Å²) in [6, 6.07) is 5.59. The molecule has 0 saturated carbocycles. The van der Waals surface area contributed by atoms with Crippen molar-refractivity contribution in [1.29, 1.82) is 0 Å². The van der Waals surface area contributed by atoms with Gasteiger partial charge in [0.25, 0.3) is 5.69 Å². The second-order valence-corrected chi connectivity index (χ2v) is 3.90. The minimum Gasteiger partial charge on any atom is -0.374 e. The van der Waals surface area contributed by atoms with E-state index in [2.05, 4.69) is 5.32 Å². The predicted molar refractivity (Wildman–Crippen MR) is 64.9 cm³/mol. The molecule has 1 aromatic carbocycles. The highest BCUT2D eigenvalue weighted by Crippen LogP contribution is 2.16. The van der Waals surface area contributed by atoms with Crippen LogP contribution in [0.25, 0.3) is 0 Å². The van der Waals surface area contributed by atoms with E-state index in [-0.39, 0.29) is 17.6 Å². The quantitative estimate of drug-likeness (QED) is 0.635. The summed E-state index contributed by atoms with van der Waals surface area (Å²) in [6.07, 6.45) is 0. The molecule has 0 aliphatic heterocycles. The van der Waals surface area contributed by atoms with Crippen molar-refractivity contribution < 1.29 is 9.72 Å². The summed E-state index contributed by atoms with van der Waals surface area (Å²) in [5.41, 5.74) is 0.709. The van der Waals surface area contributed by atoms with E-state index in [4.69, 9.17) is 0 Å². The zero-order valence-corrected chi connectivity index (χ0v) is 10.0. The molecule has 17 heavy (non-hydrogen) atoms. The smallest absolute Gasteiger partial charge is 0.269 e. The number of nitro groups is 1. The van der Waals surface area contributed by atoms with Gasteiger partial charge in [0.05, 0.1) is 4.92 Å². The number of rotatable bonds is 4. The molecular formula is C11H15N3O3. The van der Waals surface area contributed by atoms with Crippen LogP contribution in [0.5, 0.6) is 0 Å². The fourth-order valence-corrected chi connectivity index (χ4v) is 1.38. The molecule has 0 bridgehead atoms. The number of carbonyl (C=O) groups excluding carboxylic acids is 1. The summed E-state index contributed by atoms with van der Waals surface area (Å²) in [4.78, 5) is 23.1. The lowest BCUT2D eigenvalue weighted by Gasteiger charge is -2.18. The van der Waals surface area contributed by atoms with Crippen molar-refractivity contribution in [2.24, 2.45) is 0 Å². The van der Waals surface area contributed by atoms with Gasteiger partial charge in [0, 0.05) is 31.9 Å². The molecular weight excluding hydrogens is 222 g/mol. The number of anilines is 1. The molecule has 0 aromatic heterocycles. The highest BCUT2D eigenvalue weighted by Gasteiger charge is 2.14. The largest absolute Gasteiger partial charge is 0.374 e. The van der Waals surface area contributed by atoms with Gasteiger partial charge in [0.15, 0.2) is 0 Å². The molecule has 6 heteroatoms. The third-order valence-electron chi connectivity index (χ3n) is 2.27. The van der Waals surface area contributed by atoms with Crippen LogP contribution in [0.3, 0.4) is 0 Å². The molecule has 0 aliphatic carbocycles. The molecule has 0 spiro atoms. The van der Waals surface area contributed by atoms with Gasteiger partial charge in [-0.2, -0.15) is 0 Å². The molecule has 0 unspecified atom stereocenters. The van der Waals surface area contributed by atoms with Crippen LogP contribution in [-0.4, -0.2) is 35.9 Å². The Bertz CT molecular complexity index is 414. The third-order valence-corrected chi connectivity index (χ3v) is 2.27. The summed E-state index contributed by atoms with van der Waals surface area (Å²) >= 11 is 0. The number of carbonyl (C=O) groups is 1. The molecule has 92 valence electrons. The zero-order valence-electron chi connectivity index (χ0n) is 10.0. The summed E-state index contributed by atoms with van der Waals surface area (Å²) in [5, 5.41) is 13.4. The van der Waals surface area contributed by atoms with E-state index in [1.54, 1.807) is 33.2 Å². The Hall–Kier alpha value is -2.11. The number of nitrogens with one attached hydrogen (secondary N) is 1. The highest BCUT2D eigenvalue weighted by atomic mass is 16.6. The minimum atomic E-state index is -0.460. The standard InChI is InChI=1S/C11H15N3O3/c1-8(11(15)13(2)3)12-9-4-6-10(7-5-9)14(16)17/h4-8,12H,1-3H3/t8-/m0/s1. The first-order valence-corrected chi connectivity index (χ1v) is 5.14. The molecule has 0 saturated heterocycles. The fourth-order valence-electron chi connectivity index (χ4n) is 1.38. The Balaban J connectivity index is 2.69. The molecule has 1 N–H and O–H groups in total. The van der Waals surface area contributed by atoms with Crippen molar-refractivity contribution in [2.75, 3.05) is 19.4 Å². The van der Waals surface area contributed by atoms with Gasteiger partial charge in [-0.05, 0) is 19.1 Å². The second-order valence-electron chi connectivity index (χ2n) is 3.90. The lowest BCUT2D eigenvalue weighted by Crippen LogP contribution is -2.36. The monoisotopic (exact) mass is 237 g/mol. The zero-order chi connectivity index (χ0) is 13.0. The lowest BCUT2D eigenvalue weighted by atomic mass is 10.2. The maximum atomic E-state index is 11.6. The van der Waals surface area contributed by atoms with Crippen LogP contribution >= 0.6 is 0 Å². The van der Waals surface area contributed by atoms with Gasteiger partial charge in [-0.25, -0.2) is 0 Å². The Morgan fingerprint density at radius 1 is 1.35 bits per heavy atom. The first-order valence-electron chi connectivity index (χ1n) is 5.14. The van der Waals surface area contributed by atoms with Crippen molar-refractivity contribution in [3.63, 3.8) is 0 Å². The number of nitro benzene ring substituents is 1. The van der Waals surface area contributed by atoms with Crippen LogP contribution in [0.1, 0.15) is 6.92 Å². The van der Waals surface area contributed by atoms with E-state index in [9.17, 15) is 14.9 Å². The van der Waals surface area contributed by atoms with Crippen LogP contribution < -0.4 is 5.32 Å². The maximum Gasteiger partial charge on any atom is 0.269 e. The predicted octanol–water partition coefficient (Wildman–Crippen LogP) is 1.48. The van der Waals surface area contributed by atoms with E-state index >= 15 is 0 Å². The number of likely N-dealkylation sites (N-methyl/N-ethyl adjacent to an activating group) is 1. The Labute approximate surface area is 99.4 Å². The third kappa shape index (κ3) is 3.44. The van der Waals surface area contributed by atoms with E-state index in [0.717, 1.165) is 0 Å². The number of hydrogen-bond donors (Lipinski definition) is 1. The van der Waals surface area contributed by atoms with Gasteiger partial charge in [0.1, 0.15) is 6.04 Å². The van der Waals surface area contributed by atoms with E-state index in [1.165, 1.54) is 17.0 Å². The van der Waals surface area contributed by atoms with E-state index in [1.807, 2.05) is 0 Å². The van der Waals surface area contributed by atoms with Gasteiger partial charge < -0.3 is 10.2 Å². The van der Waals surface area contributed by atoms with Gasteiger partial charge in [-0.3, -0.25) is 14.9 Å². The molecule has 6 nitrogen and oxygen atoms in total. The molecule has 1 aromatic rings. The Morgan fingerprint density at radius 2 is 1.88 bits per heavy atom. The molecule has 0 radical (unpaired) electrons. The van der Waals surface area contributed by atoms with Crippen LogP contribution in [0.4, 0.5) is 11.4 Å². The molecule has 0 aliphatic rings. The molecule has 1 rings (SSSR count). The van der Waals surface area contributed by atoms with Crippen LogP contribution in [0.2, 0.25) is 0 Å². The molecule has 0 heterocycles. The number of non-ortho nitro benzene ring substituents is 1. The SMILES string of the molecule is C[C@H](Nc1ccc([N+](=O)[O-])cc1)C(=O)N(C)C. The van der Waals surface area contributed by atoms with Crippen molar-refractivity contribution in [3.8, 4) is 0 Å². The van der Waals surface area contributed by atoms with Crippen molar-refractivity contribution in [2.45, 2.75) is 13.0 Å². The maximum absolute atomic E-state index is 11.6. The average molecular weight is 237 g/mol. The topological polar surface area (TPSA) is 75.5 Å². The first-order chi connectivity index (χ1) is 7.91. The van der Waals surface area contributed by atoms with Crippen LogP contribution in [0.15, 0.2) is 24.3 Å². The van der Waals surface area contributed by atoms with Crippen LogP contribution in [0, 0.1) is 10.1 Å². The van der Waals surface area contributed by atoms with Gasteiger partial charge in [0.2, 0.25) is 5.91 Å². The fraction of sp³-hybridized carbons (Fsp3) is 0.364. The van der Waals surface area contributed by atoms with E-state index in [0.29, 0.717) is 5.69 Å². The molecule has 1 amide bonds. The normalized spacial score (nSPS) is 11.7. The number of nitrogens with zero attached hydrogens (tertiary/aromatic N) is 2. The van der Waals surface area contributed by atoms with Crippen LogP contribution in [-0.2, 0) is 4.79 Å². The summed E-state index contributed by atoms with van der Waals surface area (Å²) < 4.78 is 0. The summed E-state index contributed by atoms with van der Waals surface area (Å²) in [5.74, 6) is -0.0525. The first kappa shape index (κ1) is 13.0. The van der Waals surface area contributed by atoms with Gasteiger partial charge in [-0.1, -0.05) is 0 Å². The average Bonchev–Trinajstić information content (AvgIpc) is 2.28. The second kappa shape index (κ2) is 5.29. The Kier molecular flexibility index (Phi) is 4.03. The highest BCUT2D eigenvalue weighted by molar-refractivity contribution is 5.83. The van der Waals surface area contributed by atoms with Gasteiger partial charge >= 0.3 is 0 Å². The number of benzene rings is 1. The minimum absolute atomic E-state index is 0.0298. The summed E-state index contributed by atoms with van der Waals surface area (Å²) in [7, 11) is 3.35. The van der Waals surface area contributed by atoms with Crippen molar-refractivity contribution in [3.05, 3.63) is 34.4 Å².